The number of hydrogen-bond donors (Lipinski definition) is 2. The molecule has 0 aromatic carbocycles. The molecule has 0 amide bonds. The molecule has 0 fully saturated rings. The van der Waals surface area contributed by atoms with Gasteiger partial charge in [0.25, 0.3) is 0 Å². The summed E-state index contributed by atoms with van der Waals surface area (Å²) in [5, 5.41) is 8.09. The molecule has 0 aliphatic heterocycles. The van der Waals surface area contributed by atoms with Crippen LogP contribution >= 0.6 is 11.3 Å². The zero-order chi connectivity index (χ0) is 12.0. The molecule has 4 heteroatoms. The number of aryl methyl sites for hydroxylation is 1. The Labute approximate surface area is 103 Å². The van der Waals surface area contributed by atoms with E-state index >= 15 is 0 Å². The number of nitrogens with one attached hydrogen (secondary N) is 2. The third-order valence-electron chi connectivity index (χ3n) is 2.30. The quantitative estimate of drug-likeness (QED) is 0.768. The Kier molecular flexibility index (Phi) is 5.95. The summed E-state index contributed by atoms with van der Waals surface area (Å²) in [7, 11) is 0. The second-order valence-electron chi connectivity index (χ2n) is 4.68. The number of thiazole rings is 1. The Bertz CT molecular complexity index is 296. The van der Waals surface area contributed by atoms with Crippen LogP contribution in [0.4, 0.5) is 0 Å². The molecule has 2 N–H and O–H groups in total. The van der Waals surface area contributed by atoms with Crippen LogP contribution in [-0.4, -0.2) is 24.1 Å². The number of aromatic nitrogens is 1. The van der Waals surface area contributed by atoms with Crippen LogP contribution in [0.25, 0.3) is 0 Å². The average Bonchev–Trinajstić information content (AvgIpc) is 2.61. The maximum Gasteiger partial charge on any atom is 0.0897 e. The molecule has 1 atom stereocenters. The average molecular weight is 241 g/mol. The highest BCUT2D eigenvalue weighted by Gasteiger charge is 2.03. The van der Waals surface area contributed by atoms with Crippen molar-refractivity contribution in [3.05, 3.63) is 16.1 Å². The summed E-state index contributed by atoms with van der Waals surface area (Å²) < 4.78 is 0. The van der Waals surface area contributed by atoms with E-state index in [-0.39, 0.29) is 0 Å². The molecule has 0 aliphatic carbocycles. The summed E-state index contributed by atoms with van der Waals surface area (Å²) in [6.07, 6.45) is 1.96. The fourth-order valence-electron chi connectivity index (χ4n) is 1.42. The molecule has 1 unspecified atom stereocenters. The summed E-state index contributed by atoms with van der Waals surface area (Å²) >= 11 is 1.76. The first-order valence-corrected chi connectivity index (χ1v) is 6.75. The van der Waals surface area contributed by atoms with E-state index in [1.54, 1.807) is 11.3 Å². The molecule has 1 heterocycles. The van der Waals surface area contributed by atoms with E-state index in [2.05, 4.69) is 36.4 Å². The number of nitrogens with zero attached hydrogens (tertiary/aromatic N) is 1. The van der Waals surface area contributed by atoms with Gasteiger partial charge < -0.3 is 10.6 Å². The first kappa shape index (κ1) is 13.6. The first-order valence-electron chi connectivity index (χ1n) is 5.93. The molecule has 1 rings (SSSR count). The summed E-state index contributed by atoms with van der Waals surface area (Å²) in [6, 6.07) is 0.501. The molecule has 1 aromatic rings. The fourth-order valence-corrected chi connectivity index (χ4v) is 2.17. The Hall–Kier alpha value is -0.450. The van der Waals surface area contributed by atoms with Gasteiger partial charge in [0.2, 0.25) is 0 Å². The highest BCUT2D eigenvalue weighted by Crippen LogP contribution is 2.10. The summed E-state index contributed by atoms with van der Waals surface area (Å²) in [4.78, 5) is 5.56. The first-order chi connectivity index (χ1) is 7.58. The van der Waals surface area contributed by atoms with Crippen LogP contribution in [0, 0.1) is 12.8 Å². The maximum atomic E-state index is 4.24. The zero-order valence-electron chi connectivity index (χ0n) is 10.7. The van der Waals surface area contributed by atoms with Gasteiger partial charge in [-0.25, -0.2) is 4.98 Å². The normalized spacial score (nSPS) is 13.3. The highest BCUT2D eigenvalue weighted by atomic mass is 32.1. The minimum Gasteiger partial charge on any atom is -0.315 e. The lowest BCUT2D eigenvalue weighted by Crippen LogP contribution is -2.37. The van der Waals surface area contributed by atoms with Crippen molar-refractivity contribution < 1.29 is 0 Å². The lowest BCUT2D eigenvalue weighted by molar-refractivity contribution is 0.473. The standard InChI is InChI=1S/C12H23N3S/c1-9(2)5-13-6-10(3)14-7-12-8-15-11(4)16-12/h8-10,13-14H,5-7H2,1-4H3. The Morgan fingerprint density at radius 2 is 2.06 bits per heavy atom. The second kappa shape index (κ2) is 6.99. The fraction of sp³-hybridized carbons (Fsp3) is 0.750. The van der Waals surface area contributed by atoms with Crippen LogP contribution in [0.1, 0.15) is 30.7 Å². The van der Waals surface area contributed by atoms with Crippen molar-refractivity contribution in [3.8, 4) is 0 Å². The van der Waals surface area contributed by atoms with Gasteiger partial charge in [-0.3, -0.25) is 0 Å². The van der Waals surface area contributed by atoms with Gasteiger partial charge >= 0.3 is 0 Å². The van der Waals surface area contributed by atoms with Crippen molar-refractivity contribution >= 4 is 11.3 Å². The van der Waals surface area contributed by atoms with E-state index in [4.69, 9.17) is 0 Å². The van der Waals surface area contributed by atoms with Gasteiger partial charge in [0.05, 0.1) is 5.01 Å². The number of rotatable bonds is 7. The van der Waals surface area contributed by atoms with Crippen molar-refractivity contribution in [3.63, 3.8) is 0 Å². The topological polar surface area (TPSA) is 37.0 Å². The van der Waals surface area contributed by atoms with Crippen LogP contribution in [0.2, 0.25) is 0 Å². The number of hydrogen-bond acceptors (Lipinski definition) is 4. The third kappa shape index (κ3) is 5.58. The predicted molar refractivity (Wildman–Crippen MR) is 70.9 cm³/mol. The molecule has 0 aliphatic rings. The third-order valence-corrected chi connectivity index (χ3v) is 3.21. The Balaban J connectivity index is 2.12. The molecule has 0 bridgehead atoms. The van der Waals surface area contributed by atoms with E-state index < -0.39 is 0 Å². The van der Waals surface area contributed by atoms with Gasteiger partial charge in [-0.1, -0.05) is 13.8 Å². The van der Waals surface area contributed by atoms with E-state index in [1.807, 2.05) is 13.1 Å². The van der Waals surface area contributed by atoms with Crippen LogP contribution < -0.4 is 10.6 Å². The molecule has 0 radical (unpaired) electrons. The Morgan fingerprint density at radius 1 is 1.31 bits per heavy atom. The van der Waals surface area contributed by atoms with Gasteiger partial charge in [0.1, 0.15) is 0 Å². The van der Waals surface area contributed by atoms with Crippen LogP contribution in [-0.2, 0) is 6.54 Å². The van der Waals surface area contributed by atoms with E-state index in [1.165, 1.54) is 4.88 Å². The SMILES string of the molecule is Cc1ncc(CNC(C)CNCC(C)C)s1. The van der Waals surface area contributed by atoms with Crippen LogP contribution in [0.15, 0.2) is 6.20 Å². The molecular formula is C12H23N3S. The molecule has 16 heavy (non-hydrogen) atoms. The van der Waals surface area contributed by atoms with Gasteiger partial charge in [-0.2, -0.15) is 0 Å². The van der Waals surface area contributed by atoms with Crippen molar-refractivity contribution in [2.75, 3.05) is 13.1 Å². The van der Waals surface area contributed by atoms with Crippen molar-refractivity contribution in [1.82, 2.24) is 15.6 Å². The van der Waals surface area contributed by atoms with Crippen molar-refractivity contribution in [2.45, 2.75) is 40.3 Å². The monoisotopic (exact) mass is 241 g/mol. The zero-order valence-corrected chi connectivity index (χ0v) is 11.5. The second-order valence-corrected chi connectivity index (χ2v) is 6.00. The minimum absolute atomic E-state index is 0.501. The van der Waals surface area contributed by atoms with Crippen LogP contribution in [0.5, 0.6) is 0 Å². The van der Waals surface area contributed by atoms with Gasteiger partial charge in [-0.15, -0.1) is 11.3 Å². The van der Waals surface area contributed by atoms with Crippen LogP contribution in [0.3, 0.4) is 0 Å². The lowest BCUT2D eigenvalue weighted by Gasteiger charge is -2.15. The molecular weight excluding hydrogens is 218 g/mol. The van der Waals surface area contributed by atoms with E-state index in [9.17, 15) is 0 Å². The smallest absolute Gasteiger partial charge is 0.0897 e. The van der Waals surface area contributed by atoms with Gasteiger partial charge in [-0.05, 0) is 26.3 Å². The predicted octanol–water partition coefficient (Wildman–Crippen LogP) is 2.18. The van der Waals surface area contributed by atoms with E-state index in [0.717, 1.165) is 30.6 Å². The summed E-state index contributed by atoms with van der Waals surface area (Å²) in [5.74, 6) is 0.719. The molecule has 0 saturated carbocycles. The molecule has 0 spiro atoms. The summed E-state index contributed by atoms with van der Waals surface area (Å²) in [5.41, 5.74) is 0. The highest BCUT2D eigenvalue weighted by molar-refractivity contribution is 7.11. The van der Waals surface area contributed by atoms with Gasteiger partial charge in [0, 0.05) is 30.2 Å². The van der Waals surface area contributed by atoms with Crippen molar-refractivity contribution in [1.29, 1.82) is 0 Å². The molecule has 1 aromatic heterocycles. The summed E-state index contributed by atoms with van der Waals surface area (Å²) in [6.45, 7) is 11.7. The van der Waals surface area contributed by atoms with E-state index in [0.29, 0.717) is 6.04 Å². The maximum absolute atomic E-state index is 4.24. The Morgan fingerprint density at radius 3 is 2.62 bits per heavy atom. The molecule has 92 valence electrons. The molecule has 3 nitrogen and oxygen atoms in total. The lowest BCUT2D eigenvalue weighted by atomic mass is 10.2. The largest absolute Gasteiger partial charge is 0.315 e. The minimum atomic E-state index is 0.501. The molecule has 0 saturated heterocycles. The van der Waals surface area contributed by atoms with Crippen molar-refractivity contribution in [2.24, 2.45) is 5.92 Å². The van der Waals surface area contributed by atoms with Gasteiger partial charge in [0.15, 0.2) is 0 Å².